The van der Waals surface area contributed by atoms with Crippen molar-refractivity contribution in [1.29, 1.82) is 0 Å². The predicted octanol–water partition coefficient (Wildman–Crippen LogP) is 5.00. The Morgan fingerprint density at radius 1 is 0.969 bits per heavy atom. The lowest BCUT2D eigenvalue weighted by Gasteiger charge is -2.27. The van der Waals surface area contributed by atoms with E-state index in [4.69, 9.17) is 9.47 Å². The van der Waals surface area contributed by atoms with Gasteiger partial charge >= 0.3 is 5.97 Å². The molecule has 158 valence electrons. The minimum absolute atomic E-state index is 0.0994. The van der Waals surface area contributed by atoms with Crippen LogP contribution in [0.1, 0.15) is 23.5 Å². The van der Waals surface area contributed by atoms with Crippen molar-refractivity contribution in [2.24, 2.45) is 0 Å². The van der Waals surface area contributed by atoms with E-state index in [1.54, 1.807) is 10.6 Å². The van der Waals surface area contributed by atoms with Crippen molar-refractivity contribution in [1.82, 2.24) is 4.57 Å². The zero-order valence-corrected chi connectivity index (χ0v) is 17.4. The first-order chi connectivity index (χ1) is 15.7. The fourth-order valence-corrected chi connectivity index (χ4v) is 4.24. The first kappa shape index (κ1) is 19.8. The van der Waals surface area contributed by atoms with E-state index in [0.717, 1.165) is 16.6 Å². The van der Waals surface area contributed by atoms with E-state index in [1.165, 1.54) is 0 Å². The summed E-state index contributed by atoms with van der Waals surface area (Å²) >= 11 is 0. The van der Waals surface area contributed by atoms with Gasteiger partial charge in [-0.05, 0) is 42.0 Å². The summed E-state index contributed by atoms with van der Waals surface area (Å²) in [5, 5.41) is 0.731. The molecule has 1 aromatic heterocycles. The molecule has 0 spiro atoms. The van der Waals surface area contributed by atoms with Gasteiger partial charge in [-0.1, -0.05) is 55.1 Å². The largest absolute Gasteiger partial charge is 0.490 e. The molecule has 3 aromatic carbocycles. The van der Waals surface area contributed by atoms with Gasteiger partial charge in [-0.2, -0.15) is 0 Å². The second-order valence-corrected chi connectivity index (χ2v) is 7.64. The number of pyridine rings is 1. The molecule has 1 aliphatic heterocycles. The van der Waals surface area contributed by atoms with Crippen LogP contribution < -0.4 is 15.0 Å². The van der Waals surface area contributed by atoms with Crippen LogP contribution in [-0.4, -0.2) is 17.1 Å². The number of carbonyl (C=O) groups excluding carboxylic acids is 1. The molecule has 0 radical (unpaired) electrons. The van der Waals surface area contributed by atoms with Gasteiger partial charge in [0.25, 0.3) is 5.56 Å². The van der Waals surface area contributed by atoms with Crippen molar-refractivity contribution in [3.05, 3.63) is 113 Å². The van der Waals surface area contributed by atoms with Crippen LogP contribution in [0.15, 0.2) is 96.3 Å². The Labute approximate surface area is 185 Å². The molecule has 4 aromatic rings. The van der Waals surface area contributed by atoms with Gasteiger partial charge in [0, 0.05) is 17.0 Å². The molecule has 0 aliphatic carbocycles. The second-order valence-electron chi connectivity index (χ2n) is 7.64. The third kappa shape index (κ3) is 3.38. The number of carbonyl (C=O) groups is 1. The van der Waals surface area contributed by atoms with Gasteiger partial charge in [-0.15, -0.1) is 0 Å². The average Bonchev–Trinajstić information content (AvgIpc) is 2.83. The summed E-state index contributed by atoms with van der Waals surface area (Å²) in [6.45, 7) is 4.06. The SMILES string of the molecule is C=CCOc1ccc(C2CC(=O)Oc3c2c(=O)n(-c2ccccc2)c2ccccc32)cc1. The Hall–Kier alpha value is -4.12. The highest BCUT2D eigenvalue weighted by atomic mass is 16.5. The molecule has 0 fully saturated rings. The van der Waals surface area contributed by atoms with Crippen LogP contribution in [-0.2, 0) is 4.79 Å². The molecule has 5 rings (SSSR count). The van der Waals surface area contributed by atoms with Gasteiger partial charge in [0.2, 0.25) is 0 Å². The van der Waals surface area contributed by atoms with Crippen molar-refractivity contribution in [2.45, 2.75) is 12.3 Å². The highest BCUT2D eigenvalue weighted by molar-refractivity contribution is 5.92. The monoisotopic (exact) mass is 423 g/mol. The van der Waals surface area contributed by atoms with Crippen LogP contribution in [0.2, 0.25) is 0 Å². The normalized spacial score (nSPS) is 15.1. The first-order valence-electron chi connectivity index (χ1n) is 10.4. The van der Waals surface area contributed by atoms with E-state index in [-0.39, 0.29) is 17.9 Å². The molecule has 2 heterocycles. The number of hydrogen-bond acceptors (Lipinski definition) is 4. The van der Waals surface area contributed by atoms with Crippen molar-refractivity contribution in [2.75, 3.05) is 6.61 Å². The van der Waals surface area contributed by atoms with Crippen LogP contribution in [0.4, 0.5) is 0 Å². The lowest BCUT2D eigenvalue weighted by molar-refractivity contribution is -0.135. The topological polar surface area (TPSA) is 57.5 Å². The number of nitrogens with zero attached hydrogens (tertiary/aromatic N) is 1. The van der Waals surface area contributed by atoms with Gasteiger partial charge in [0.15, 0.2) is 0 Å². The number of hydrogen-bond donors (Lipinski definition) is 0. The lowest BCUT2D eigenvalue weighted by Crippen LogP contribution is -2.32. The van der Waals surface area contributed by atoms with Crippen LogP contribution in [0, 0.1) is 0 Å². The van der Waals surface area contributed by atoms with E-state index in [0.29, 0.717) is 29.2 Å². The van der Waals surface area contributed by atoms with Crippen molar-refractivity contribution in [3.63, 3.8) is 0 Å². The molecule has 5 heteroatoms. The van der Waals surface area contributed by atoms with E-state index in [1.807, 2.05) is 78.9 Å². The maximum atomic E-state index is 13.9. The summed E-state index contributed by atoms with van der Waals surface area (Å²) in [4.78, 5) is 26.4. The average molecular weight is 423 g/mol. The molecule has 32 heavy (non-hydrogen) atoms. The molecule has 0 bridgehead atoms. The Morgan fingerprint density at radius 2 is 1.69 bits per heavy atom. The third-order valence-electron chi connectivity index (χ3n) is 5.67. The Balaban J connectivity index is 1.74. The molecule has 1 atom stereocenters. The highest BCUT2D eigenvalue weighted by Crippen LogP contribution is 2.41. The number of para-hydroxylation sites is 2. The maximum Gasteiger partial charge on any atom is 0.312 e. The van der Waals surface area contributed by atoms with Gasteiger partial charge < -0.3 is 9.47 Å². The first-order valence-corrected chi connectivity index (χ1v) is 10.4. The molecule has 0 saturated carbocycles. The molecule has 1 unspecified atom stereocenters. The number of rotatable bonds is 5. The van der Waals surface area contributed by atoms with Crippen LogP contribution in [0.3, 0.4) is 0 Å². The van der Waals surface area contributed by atoms with Crippen LogP contribution >= 0.6 is 0 Å². The molecular weight excluding hydrogens is 402 g/mol. The zero-order valence-electron chi connectivity index (χ0n) is 17.4. The summed E-state index contributed by atoms with van der Waals surface area (Å²) in [7, 11) is 0. The number of esters is 1. The van der Waals surface area contributed by atoms with Gasteiger partial charge in [0.05, 0.1) is 17.5 Å². The Bertz CT molecular complexity index is 1370. The molecule has 1 aliphatic rings. The quantitative estimate of drug-likeness (QED) is 0.335. The second kappa shape index (κ2) is 8.19. The van der Waals surface area contributed by atoms with Crippen LogP contribution in [0.5, 0.6) is 11.5 Å². The van der Waals surface area contributed by atoms with Gasteiger partial charge in [0.1, 0.15) is 18.1 Å². The predicted molar refractivity (Wildman–Crippen MR) is 124 cm³/mol. The highest BCUT2D eigenvalue weighted by Gasteiger charge is 2.34. The summed E-state index contributed by atoms with van der Waals surface area (Å²) in [6.07, 6.45) is 1.78. The Kier molecular flexibility index (Phi) is 5.07. The van der Waals surface area contributed by atoms with E-state index < -0.39 is 5.92 Å². The van der Waals surface area contributed by atoms with Gasteiger partial charge in [-0.25, -0.2) is 0 Å². The Morgan fingerprint density at radius 3 is 2.44 bits per heavy atom. The summed E-state index contributed by atoms with van der Waals surface area (Å²) in [6, 6.07) is 24.5. The standard InChI is InChI=1S/C27H21NO4/c1-2-16-31-20-14-12-18(13-15-20)22-17-24(29)32-26-21-10-6-7-11-23(21)28(27(30)25(22)26)19-8-4-3-5-9-19/h2-15,22H,1,16-17H2. The zero-order chi connectivity index (χ0) is 22.1. The minimum atomic E-state index is -0.410. The number of aromatic nitrogens is 1. The maximum absolute atomic E-state index is 13.9. The fraction of sp³-hybridized carbons (Fsp3) is 0.111. The van der Waals surface area contributed by atoms with E-state index in [9.17, 15) is 9.59 Å². The van der Waals surface area contributed by atoms with Crippen molar-refractivity contribution < 1.29 is 14.3 Å². The third-order valence-corrected chi connectivity index (χ3v) is 5.67. The number of fused-ring (bicyclic) bond motifs is 3. The fourth-order valence-electron chi connectivity index (χ4n) is 4.24. The van der Waals surface area contributed by atoms with Crippen LogP contribution in [0.25, 0.3) is 16.6 Å². The smallest absolute Gasteiger partial charge is 0.312 e. The van der Waals surface area contributed by atoms with Crippen molar-refractivity contribution in [3.8, 4) is 17.2 Å². The molecule has 0 saturated heterocycles. The molecule has 0 amide bonds. The minimum Gasteiger partial charge on any atom is -0.490 e. The van der Waals surface area contributed by atoms with Crippen molar-refractivity contribution >= 4 is 16.9 Å². The number of ether oxygens (including phenoxy) is 2. The molecule has 0 N–H and O–H groups in total. The summed E-state index contributed by atoms with van der Waals surface area (Å²) in [5.41, 5.74) is 2.63. The molecular formula is C27H21NO4. The summed E-state index contributed by atoms with van der Waals surface area (Å²) in [5.74, 6) is 0.293. The van der Waals surface area contributed by atoms with Gasteiger partial charge in [-0.3, -0.25) is 14.2 Å². The van der Waals surface area contributed by atoms with E-state index in [2.05, 4.69) is 6.58 Å². The summed E-state index contributed by atoms with van der Waals surface area (Å²) < 4.78 is 12.9. The number of benzene rings is 3. The molecule has 5 nitrogen and oxygen atoms in total. The van der Waals surface area contributed by atoms with E-state index >= 15 is 0 Å². The lowest BCUT2D eigenvalue weighted by atomic mass is 9.86.